The van der Waals surface area contributed by atoms with Gasteiger partial charge < -0.3 is 11.1 Å². The van der Waals surface area contributed by atoms with Gasteiger partial charge in [-0.15, -0.1) is 11.3 Å². The molecule has 18 heavy (non-hydrogen) atoms. The third-order valence-corrected chi connectivity index (χ3v) is 3.64. The maximum absolute atomic E-state index is 12.1. The lowest BCUT2D eigenvalue weighted by molar-refractivity contribution is 0.103. The number of hydrogen-bond donors (Lipinski definition) is 2. The third kappa shape index (κ3) is 2.51. The van der Waals surface area contributed by atoms with Gasteiger partial charge in [-0.3, -0.25) is 4.79 Å². The Morgan fingerprint density at radius 2 is 2.06 bits per heavy atom. The number of amides is 1. The van der Waals surface area contributed by atoms with Gasteiger partial charge >= 0.3 is 0 Å². The number of thiazole rings is 1. The molecule has 0 atom stereocenters. The SMILES string of the molecule is Cc1ccc(NC(=O)c2sc(C)nc2C)c(N)c1. The number of aryl methyl sites for hydroxylation is 3. The summed E-state index contributed by atoms with van der Waals surface area (Å²) in [5.41, 5.74) is 8.89. The Hall–Kier alpha value is -1.88. The lowest BCUT2D eigenvalue weighted by atomic mass is 10.2. The molecule has 1 amide bonds. The second-order valence-corrected chi connectivity index (χ2v) is 5.40. The monoisotopic (exact) mass is 261 g/mol. The Bertz CT molecular complexity index is 604. The maximum atomic E-state index is 12.1. The number of anilines is 2. The fraction of sp³-hybridized carbons (Fsp3) is 0.231. The molecule has 0 spiro atoms. The number of carbonyl (C=O) groups is 1. The largest absolute Gasteiger partial charge is 0.397 e. The van der Waals surface area contributed by atoms with Crippen LogP contribution < -0.4 is 11.1 Å². The molecule has 1 aromatic carbocycles. The fourth-order valence-electron chi connectivity index (χ4n) is 1.72. The average Bonchev–Trinajstić information content (AvgIpc) is 2.62. The van der Waals surface area contributed by atoms with Crippen molar-refractivity contribution in [2.45, 2.75) is 20.8 Å². The quantitative estimate of drug-likeness (QED) is 0.817. The van der Waals surface area contributed by atoms with Crippen molar-refractivity contribution >= 4 is 28.6 Å². The summed E-state index contributed by atoms with van der Waals surface area (Å²) in [4.78, 5) is 17.0. The molecule has 0 radical (unpaired) electrons. The number of nitrogen functional groups attached to an aromatic ring is 1. The predicted octanol–water partition coefficient (Wildman–Crippen LogP) is 2.90. The highest BCUT2D eigenvalue weighted by Crippen LogP contribution is 2.23. The van der Waals surface area contributed by atoms with Gasteiger partial charge in [0.25, 0.3) is 5.91 Å². The Morgan fingerprint density at radius 1 is 1.33 bits per heavy atom. The summed E-state index contributed by atoms with van der Waals surface area (Å²) in [6, 6.07) is 5.56. The van der Waals surface area contributed by atoms with Gasteiger partial charge in [0.05, 0.1) is 22.1 Å². The molecule has 3 N–H and O–H groups in total. The van der Waals surface area contributed by atoms with Gasteiger partial charge in [-0.2, -0.15) is 0 Å². The molecule has 0 aliphatic heterocycles. The topological polar surface area (TPSA) is 68.0 Å². The van der Waals surface area contributed by atoms with Crippen LogP contribution in [0.5, 0.6) is 0 Å². The lowest BCUT2D eigenvalue weighted by Gasteiger charge is -2.08. The van der Waals surface area contributed by atoms with E-state index in [9.17, 15) is 4.79 Å². The first-order valence-corrected chi connectivity index (χ1v) is 6.40. The molecule has 1 aromatic heterocycles. The van der Waals surface area contributed by atoms with E-state index < -0.39 is 0 Å². The van der Waals surface area contributed by atoms with Crippen molar-refractivity contribution in [3.63, 3.8) is 0 Å². The Balaban J connectivity index is 2.24. The summed E-state index contributed by atoms with van der Waals surface area (Å²) < 4.78 is 0. The van der Waals surface area contributed by atoms with Gasteiger partial charge in [0.2, 0.25) is 0 Å². The van der Waals surface area contributed by atoms with Crippen LogP contribution in [0.2, 0.25) is 0 Å². The smallest absolute Gasteiger partial charge is 0.267 e. The third-order valence-electron chi connectivity index (χ3n) is 2.57. The number of nitrogens with one attached hydrogen (secondary N) is 1. The molecule has 5 heteroatoms. The summed E-state index contributed by atoms with van der Waals surface area (Å²) in [7, 11) is 0. The van der Waals surface area contributed by atoms with Gasteiger partial charge in [-0.05, 0) is 38.5 Å². The molecule has 0 saturated carbocycles. The number of rotatable bonds is 2. The van der Waals surface area contributed by atoms with E-state index in [1.807, 2.05) is 39.0 Å². The highest BCUT2D eigenvalue weighted by atomic mass is 32.1. The van der Waals surface area contributed by atoms with Crippen molar-refractivity contribution in [1.82, 2.24) is 4.98 Å². The van der Waals surface area contributed by atoms with Gasteiger partial charge in [-0.1, -0.05) is 6.07 Å². The predicted molar refractivity (Wildman–Crippen MR) is 75.1 cm³/mol. The number of nitrogens with two attached hydrogens (primary N) is 1. The van der Waals surface area contributed by atoms with Crippen LogP contribution in [0.15, 0.2) is 18.2 Å². The molecular formula is C13H15N3OS. The van der Waals surface area contributed by atoms with Crippen LogP contribution in [0, 0.1) is 20.8 Å². The minimum Gasteiger partial charge on any atom is -0.397 e. The van der Waals surface area contributed by atoms with E-state index in [-0.39, 0.29) is 5.91 Å². The lowest BCUT2D eigenvalue weighted by Crippen LogP contribution is -2.13. The minimum atomic E-state index is -0.159. The number of hydrogen-bond acceptors (Lipinski definition) is 4. The molecule has 0 saturated heterocycles. The van der Waals surface area contributed by atoms with E-state index in [4.69, 9.17) is 5.73 Å². The minimum absolute atomic E-state index is 0.159. The zero-order valence-corrected chi connectivity index (χ0v) is 11.4. The van der Waals surface area contributed by atoms with Crippen LogP contribution in [0.3, 0.4) is 0 Å². The number of nitrogens with zero attached hydrogens (tertiary/aromatic N) is 1. The van der Waals surface area contributed by atoms with Crippen LogP contribution in [0.25, 0.3) is 0 Å². The molecule has 0 fully saturated rings. The standard InChI is InChI=1S/C13H15N3OS/c1-7-4-5-11(10(14)6-7)16-13(17)12-8(2)15-9(3)18-12/h4-6H,14H2,1-3H3,(H,16,17). The number of carbonyl (C=O) groups excluding carboxylic acids is 1. The van der Waals surface area contributed by atoms with Crippen molar-refractivity contribution in [2.75, 3.05) is 11.1 Å². The summed E-state index contributed by atoms with van der Waals surface area (Å²) >= 11 is 1.39. The van der Waals surface area contributed by atoms with Crippen LogP contribution in [-0.2, 0) is 0 Å². The van der Waals surface area contributed by atoms with Crippen molar-refractivity contribution in [2.24, 2.45) is 0 Å². The first kappa shape index (κ1) is 12.6. The van der Waals surface area contributed by atoms with Crippen LogP contribution in [0.1, 0.15) is 25.9 Å². The van der Waals surface area contributed by atoms with Gasteiger partial charge in [0.1, 0.15) is 4.88 Å². The average molecular weight is 261 g/mol. The first-order chi connectivity index (χ1) is 8.47. The zero-order chi connectivity index (χ0) is 13.3. The van der Waals surface area contributed by atoms with Crippen molar-refractivity contribution < 1.29 is 4.79 Å². The Labute approximate surface area is 110 Å². The van der Waals surface area contributed by atoms with Crippen molar-refractivity contribution in [1.29, 1.82) is 0 Å². The normalized spacial score (nSPS) is 10.4. The van der Waals surface area contributed by atoms with Crippen molar-refractivity contribution in [3.05, 3.63) is 39.3 Å². The highest BCUT2D eigenvalue weighted by molar-refractivity contribution is 7.13. The molecule has 0 bridgehead atoms. The molecule has 94 valence electrons. The molecule has 0 aliphatic carbocycles. The van der Waals surface area contributed by atoms with Crippen LogP contribution >= 0.6 is 11.3 Å². The van der Waals surface area contributed by atoms with E-state index in [1.165, 1.54) is 11.3 Å². The first-order valence-electron chi connectivity index (χ1n) is 5.59. The highest BCUT2D eigenvalue weighted by Gasteiger charge is 2.14. The molecule has 1 heterocycles. The van der Waals surface area contributed by atoms with Gasteiger partial charge in [0.15, 0.2) is 0 Å². The summed E-state index contributed by atoms with van der Waals surface area (Å²) in [5.74, 6) is -0.159. The second kappa shape index (κ2) is 4.78. The van der Waals surface area contributed by atoms with E-state index in [0.717, 1.165) is 16.3 Å². The Morgan fingerprint density at radius 3 is 2.61 bits per heavy atom. The van der Waals surface area contributed by atoms with Crippen LogP contribution in [-0.4, -0.2) is 10.9 Å². The van der Waals surface area contributed by atoms with Gasteiger partial charge in [0, 0.05) is 0 Å². The van der Waals surface area contributed by atoms with Gasteiger partial charge in [-0.25, -0.2) is 4.98 Å². The maximum Gasteiger partial charge on any atom is 0.267 e. The summed E-state index contributed by atoms with van der Waals surface area (Å²) in [5, 5.41) is 3.70. The summed E-state index contributed by atoms with van der Waals surface area (Å²) in [6.07, 6.45) is 0. The van der Waals surface area contributed by atoms with Crippen molar-refractivity contribution in [3.8, 4) is 0 Å². The van der Waals surface area contributed by atoms with Crippen LogP contribution in [0.4, 0.5) is 11.4 Å². The molecule has 0 unspecified atom stereocenters. The fourth-order valence-corrected chi connectivity index (χ4v) is 2.53. The second-order valence-electron chi connectivity index (χ2n) is 4.19. The number of aromatic nitrogens is 1. The van der Waals surface area contributed by atoms with E-state index in [1.54, 1.807) is 0 Å². The molecule has 4 nitrogen and oxygen atoms in total. The van der Waals surface area contributed by atoms with E-state index in [2.05, 4.69) is 10.3 Å². The zero-order valence-electron chi connectivity index (χ0n) is 10.6. The molecule has 2 rings (SSSR count). The van der Waals surface area contributed by atoms with E-state index >= 15 is 0 Å². The summed E-state index contributed by atoms with van der Waals surface area (Å²) in [6.45, 7) is 5.67. The Kier molecular flexibility index (Phi) is 3.34. The number of benzene rings is 1. The van der Waals surface area contributed by atoms with E-state index in [0.29, 0.717) is 16.3 Å². The molecular weight excluding hydrogens is 246 g/mol. The molecule has 2 aromatic rings. The molecule has 0 aliphatic rings.